The third kappa shape index (κ3) is 5.60. The SMILES string of the molecule is CC(CSC(=O)c1ccccc1)C(=O)N1C[C@@H](c2cccs2)C[C@H]1C(=O)O.[Ca+2].[H-].[H-]. The molecule has 1 aromatic carbocycles. The van der Waals surface area contributed by atoms with Crippen molar-refractivity contribution in [3.05, 3.63) is 58.3 Å². The first-order chi connectivity index (χ1) is 13.0. The number of rotatable bonds is 6. The molecule has 1 aromatic heterocycles. The van der Waals surface area contributed by atoms with Crippen molar-refractivity contribution in [1.29, 1.82) is 0 Å². The van der Waals surface area contributed by atoms with Crippen LogP contribution in [0.5, 0.6) is 0 Å². The van der Waals surface area contributed by atoms with E-state index in [4.69, 9.17) is 0 Å². The van der Waals surface area contributed by atoms with Crippen LogP contribution in [0.2, 0.25) is 0 Å². The summed E-state index contributed by atoms with van der Waals surface area (Å²) in [4.78, 5) is 39.3. The monoisotopic (exact) mass is 445 g/mol. The first-order valence-electron chi connectivity index (χ1n) is 8.76. The van der Waals surface area contributed by atoms with Gasteiger partial charge in [0.15, 0.2) is 0 Å². The Morgan fingerprint density at radius 3 is 2.57 bits per heavy atom. The van der Waals surface area contributed by atoms with Gasteiger partial charge < -0.3 is 12.9 Å². The van der Waals surface area contributed by atoms with Gasteiger partial charge in [0, 0.05) is 34.6 Å². The first kappa shape index (κ1) is 23.4. The number of nitrogens with zero attached hydrogens (tertiary/aromatic N) is 1. The Morgan fingerprint density at radius 2 is 1.96 bits per heavy atom. The molecule has 0 radical (unpaired) electrons. The van der Waals surface area contributed by atoms with Crippen molar-refractivity contribution in [3.63, 3.8) is 0 Å². The number of hydrogen-bond donors (Lipinski definition) is 1. The molecule has 1 amide bonds. The maximum Gasteiger partial charge on any atom is 2.00 e. The van der Waals surface area contributed by atoms with E-state index in [1.807, 2.05) is 23.6 Å². The summed E-state index contributed by atoms with van der Waals surface area (Å²) in [7, 11) is 0. The van der Waals surface area contributed by atoms with Crippen LogP contribution in [0.3, 0.4) is 0 Å². The van der Waals surface area contributed by atoms with Crippen LogP contribution in [0.4, 0.5) is 0 Å². The van der Waals surface area contributed by atoms with Crippen LogP contribution in [0, 0.1) is 5.92 Å². The van der Waals surface area contributed by atoms with Gasteiger partial charge >= 0.3 is 43.7 Å². The molecular formula is C20H23CaNO4S2. The molecule has 0 saturated carbocycles. The average Bonchev–Trinajstić information content (AvgIpc) is 3.35. The van der Waals surface area contributed by atoms with Gasteiger partial charge in [0.05, 0.1) is 0 Å². The fourth-order valence-electron chi connectivity index (χ4n) is 3.26. The number of thiophene rings is 1. The maximum atomic E-state index is 12.9. The topological polar surface area (TPSA) is 74.7 Å². The van der Waals surface area contributed by atoms with E-state index in [0.717, 1.165) is 16.6 Å². The van der Waals surface area contributed by atoms with E-state index < -0.39 is 17.9 Å². The van der Waals surface area contributed by atoms with Gasteiger partial charge in [-0.05, 0) is 17.9 Å². The number of amides is 1. The van der Waals surface area contributed by atoms with Crippen LogP contribution in [0.25, 0.3) is 0 Å². The average molecular weight is 446 g/mol. The molecule has 5 nitrogen and oxygen atoms in total. The third-order valence-electron chi connectivity index (χ3n) is 4.71. The molecule has 2 aromatic rings. The number of carbonyl (C=O) groups is 3. The second-order valence-corrected chi connectivity index (χ2v) is 8.63. The van der Waals surface area contributed by atoms with Crippen molar-refractivity contribution in [2.45, 2.75) is 25.3 Å². The summed E-state index contributed by atoms with van der Waals surface area (Å²) in [6, 6.07) is 12.1. The van der Waals surface area contributed by atoms with Crippen molar-refractivity contribution in [3.8, 4) is 0 Å². The molecule has 0 bridgehead atoms. The minimum absolute atomic E-state index is 0. The second-order valence-electron chi connectivity index (χ2n) is 6.66. The number of aliphatic carboxylic acids is 1. The number of carboxylic acid groups (broad SMARTS) is 1. The van der Waals surface area contributed by atoms with E-state index in [9.17, 15) is 19.5 Å². The number of carbonyl (C=O) groups excluding carboxylic acids is 2. The Balaban J connectivity index is 0.00000280. The van der Waals surface area contributed by atoms with Gasteiger partial charge in [-0.1, -0.05) is 55.1 Å². The van der Waals surface area contributed by atoms with Crippen molar-refractivity contribution in [1.82, 2.24) is 4.90 Å². The Hall–Kier alpha value is -0.860. The number of hydrogen-bond acceptors (Lipinski definition) is 5. The van der Waals surface area contributed by atoms with E-state index in [1.165, 1.54) is 4.90 Å². The molecule has 1 saturated heterocycles. The fraction of sp³-hybridized carbons (Fsp3) is 0.350. The zero-order valence-electron chi connectivity index (χ0n) is 17.6. The molecule has 0 aliphatic carbocycles. The van der Waals surface area contributed by atoms with Crippen LogP contribution in [0.15, 0.2) is 47.8 Å². The minimum atomic E-state index is -0.970. The largest absolute Gasteiger partial charge is 2.00 e. The van der Waals surface area contributed by atoms with Crippen LogP contribution >= 0.6 is 23.1 Å². The Labute approximate surface area is 205 Å². The summed E-state index contributed by atoms with van der Waals surface area (Å²) in [5.74, 6) is -1.20. The Morgan fingerprint density at radius 1 is 1.25 bits per heavy atom. The third-order valence-corrected chi connectivity index (χ3v) is 6.91. The molecule has 3 rings (SSSR count). The number of likely N-dealkylation sites (tertiary alicyclic amines) is 1. The van der Waals surface area contributed by atoms with Crippen LogP contribution < -0.4 is 0 Å². The Bertz CT molecular complexity index is 823. The summed E-state index contributed by atoms with van der Waals surface area (Å²) >= 11 is 2.69. The molecule has 3 atom stereocenters. The van der Waals surface area contributed by atoms with Gasteiger partial charge in [0.2, 0.25) is 11.0 Å². The predicted molar refractivity (Wildman–Crippen MR) is 115 cm³/mol. The molecule has 146 valence electrons. The predicted octanol–water partition coefficient (Wildman–Crippen LogP) is 3.57. The summed E-state index contributed by atoms with van der Waals surface area (Å²) in [6.45, 7) is 2.17. The van der Waals surface area contributed by atoms with E-state index in [0.29, 0.717) is 24.3 Å². The zero-order chi connectivity index (χ0) is 19.4. The summed E-state index contributed by atoms with van der Waals surface area (Å²) in [5, 5.41) is 11.4. The fourth-order valence-corrected chi connectivity index (χ4v) is 4.94. The van der Waals surface area contributed by atoms with Gasteiger partial charge in [-0.25, -0.2) is 4.79 Å². The van der Waals surface area contributed by atoms with Gasteiger partial charge in [-0.3, -0.25) is 9.59 Å². The molecule has 2 heterocycles. The summed E-state index contributed by atoms with van der Waals surface area (Å²) in [6.07, 6.45) is 0.435. The zero-order valence-corrected chi connectivity index (χ0v) is 19.5. The second kappa shape index (κ2) is 10.8. The number of thioether (sulfide) groups is 1. The standard InChI is InChI=1S/C20H21NO4S2.Ca.2H/c1-13(12-27-20(25)14-6-3-2-4-7-14)18(22)21-11-15(10-16(21)19(23)24)17-8-5-9-26-17;;;/h2-9,13,15-16H,10-12H2,1H3,(H,23,24);;;/q;+2;2*-1/t13?,15-,16-;;;/m0.../s1. The van der Waals surface area contributed by atoms with E-state index in [1.54, 1.807) is 42.5 Å². The van der Waals surface area contributed by atoms with Crippen molar-refractivity contribution in [2.24, 2.45) is 5.92 Å². The molecule has 1 unspecified atom stereocenters. The van der Waals surface area contributed by atoms with Gasteiger partial charge in [-0.2, -0.15) is 0 Å². The van der Waals surface area contributed by atoms with E-state index >= 15 is 0 Å². The smallest absolute Gasteiger partial charge is 1.00 e. The Kier molecular flexibility index (Phi) is 9.02. The number of carboxylic acids is 1. The first-order valence-corrected chi connectivity index (χ1v) is 10.6. The summed E-state index contributed by atoms with van der Waals surface area (Å²) in [5.41, 5.74) is 0.601. The van der Waals surface area contributed by atoms with Crippen LogP contribution in [-0.2, 0) is 9.59 Å². The molecule has 1 N–H and O–H groups in total. The molecular weight excluding hydrogens is 422 g/mol. The summed E-state index contributed by atoms with van der Waals surface area (Å²) < 4.78 is 0. The molecule has 8 heteroatoms. The minimum Gasteiger partial charge on any atom is -1.00 e. The van der Waals surface area contributed by atoms with Gasteiger partial charge in [-0.15, -0.1) is 11.3 Å². The van der Waals surface area contributed by atoms with Crippen LogP contribution in [0.1, 0.15) is 37.4 Å². The molecule has 1 fully saturated rings. The quantitative estimate of drug-likeness (QED) is 0.688. The van der Waals surface area contributed by atoms with Crippen LogP contribution in [-0.4, -0.2) is 83.1 Å². The van der Waals surface area contributed by atoms with Crippen molar-refractivity contribution >= 4 is 77.8 Å². The van der Waals surface area contributed by atoms with Crippen molar-refractivity contribution < 1.29 is 22.3 Å². The van der Waals surface area contributed by atoms with Gasteiger partial charge in [0.1, 0.15) is 6.04 Å². The normalized spacial score (nSPS) is 19.7. The van der Waals surface area contributed by atoms with Crippen molar-refractivity contribution in [2.75, 3.05) is 12.3 Å². The molecule has 1 aliphatic heterocycles. The molecule has 28 heavy (non-hydrogen) atoms. The van der Waals surface area contributed by atoms with E-state index in [-0.39, 0.29) is 57.5 Å². The maximum absolute atomic E-state index is 12.9. The molecule has 0 spiro atoms. The molecule has 1 aliphatic rings. The van der Waals surface area contributed by atoms with Gasteiger partial charge in [0.25, 0.3) is 0 Å². The van der Waals surface area contributed by atoms with E-state index in [2.05, 4.69) is 0 Å². The number of benzene rings is 1.